The molecule has 1 heterocycles. The molecule has 94 valence electrons. The summed E-state index contributed by atoms with van der Waals surface area (Å²) >= 11 is 1.84. The van der Waals surface area contributed by atoms with Gasteiger partial charge in [0, 0.05) is 31.6 Å². The Morgan fingerprint density at radius 1 is 1.44 bits per heavy atom. The fourth-order valence-electron chi connectivity index (χ4n) is 1.42. The molecule has 2 atom stereocenters. The molecule has 1 fully saturated rings. The maximum Gasteiger partial charge on any atom is 0.156 e. The number of hydrogen-bond donors (Lipinski definition) is 1. The SMILES string of the molecule is CCCOCCCN=C1NC(C)C(C)CS1. The van der Waals surface area contributed by atoms with Gasteiger partial charge in [-0.1, -0.05) is 25.6 Å². The Hall–Kier alpha value is -0.220. The molecule has 1 rings (SSSR count). The Labute approximate surface area is 103 Å². The lowest BCUT2D eigenvalue weighted by molar-refractivity contribution is 0.134. The van der Waals surface area contributed by atoms with E-state index in [4.69, 9.17) is 4.74 Å². The molecule has 16 heavy (non-hydrogen) atoms. The predicted octanol–water partition coefficient (Wildman–Crippen LogP) is 2.52. The summed E-state index contributed by atoms with van der Waals surface area (Å²) in [5, 5.41) is 4.55. The first-order chi connectivity index (χ1) is 7.74. The van der Waals surface area contributed by atoms with Gasteiger partial charge < -0.3 is 10.1 Å². The number of ether oxygens (including phenoxy) is 1. The van der Waals surface area contributed by atoms with Crippen LogP contribution in [0.1, 0.15) is 33.6 Å². The van der Waals surface area contributed by atoms with Gasteiger partial charge >= 0.3 is 0 Å². The summed E-state index contributed by atoms with van der Waals surface area (Å²) < 4.78 is 5.41. The van der Waals surface area contributed by atoms with Crippen molar-refractivity contribution in [2.45, 2.75) is 39.7 Å². The molecule has 1 N–H and O–H groups in total. The van der Waals surface area contributed by atoms with Crippen LogP contribution in [0.4, 0.5) is 0 Å². The van der Waals surface area contributed by atoms with E-state index in [2.05, 4.69) is 31.1 Å². The monoisotopic (exact) mass is 244 g/mol. The van der Waals surface area contributed by atoms with Crippen molar-refractivity contribution in [2.24, 2.45) is 10.9 Å². The number of hydrogen-bond acceptors (Lipinski definition) is 3. The Morgan fingerprint density at radius 3 is 2.94 bits per heavy atom. The molecule has 0 aromatic rings. The summed E-state index contributed by atoms with van der Waals surface area (Å²) in [6.45, 7) is 9.22. The van der Waals surface area contributed by atoms with Crippen LogP contribution in [-0.4, -0.2) is 36.7 Å². The molecule has 0 amide bonds. The van der Waals surface area contributed by atoms with Gasteiger partial charge in [-0.3, -0.25) is 4.99 Å². The summed E-state index contributed by atoms with van der Waals surface area (Å²) in [5.74, 6) is 1.91. The topological polar surface area (TPSA) is 33.6 Å². The Balaban J connectivity index is 2.10. The fraction of sp³-hybridized carbons (Fsp3) is 0.917. The smallest absolute Gasteiger partial charge is 0.156 e. The predicted molar refractivity (Wildman–Crippen MR) is 72.2 cm³/mol. The normalized spacial score (nSPS) is 28.1. The average Bonchev–Trinajstić information content (AvgIpc) is 2.28. The lowest BCUT2D eigenvalue weighted by Gasteiger charge is -2.28. The van der Waals surface area contributed by atoms with E-state index < -0.39 is 0 Å². The molecule has 0 bridgehead atoms. The minimum Gasteiger partial charge on any atom is -0.381 e. The molecular formula is C12H24N2OS. The van der Waals surface area contributed by atoms with Crippen molar-refractivity contribution in [1.82, 2.24) is 5.32 Å². The number of thioether (sulfide) groups is 1. The van der Waals surface area contributed by atoms with Gasteiger partial charge in [-0.15, -0.1) is 0 Å². The molecule has 3 nitrogen and oxygen atoms in total. The number of nitrogens with zero attached hydrogens (tertiary/aromatic N) is 1. The van der Waals surface area contributed by atoms with Crippen molar-refractivity contribution in [2.75, 3.05) is 25.5 Å². The van der Waals surface area contributed by atoms with Crippen LogP contribution in [0, 0.1) is 5.92 Å². The van der Waals surface area contributed by atoms with Crippen LogP contribution in [0.15, 0.2) is 4.99 Å². The minimum atomic E-state index is 0.552. The van der Waals surface area contributed by atoms with Crippen LogP contribution in [0.3, 0.4) is 0 Å². The maximum absolute atomic E-state index is 5.41. The van der Waals surface area contributed by atoms with Gasteiger partial charge in [0.2, 0.25) is 0 Å². The molecule has 0 saturated carbocycles. The van der Waals surface area contributed by atoms with E-state index in [0.717, 1.165) is 43.7 Å². The van der Waals surface area contributed by atoms with Gasteiger partial charge in [0.15, 0.2) is 5.17 Å². The molecule has 4 heteroatoms. The van der Waals surface area contributed by atoms with E-state index in [1.165, 1.54) is 5.75 Å². The van der Waals surface area contributed by atoms with Crippen LogP contribution < -0.4 is 5.32 Å². The molecule has 1 aliphatic heterocycles. The van der Waals surface area contributed by atoms with E-state index in [1.54, 1.807) is 0 Å². The van der Waals surface area contributed by atoms with Crippen molar-refractivity contribution in [3.05, 3.63) is 0 Å². The van der Waals surface area contributed by atoms with Gasteiger partial charge in [0.25, 0.3) is 0 Å². The quantitative estimate of drug-likeness (QED) is 0.729. The average molecular weight is 244 g/mol. The van der Waals surface area contributed by atoms with Crippen molar-refractivity contribution in [3.8, 4) is 0 Å². The first-order valence-electron chi connectivity index (χ1n) is 6.25. The van der Waals surface area contributed by atoms with Gasteiger partial charge in [-0.25, -0.2) is 0 Å². The highest BCUT2D eigenvalue weighted by Crippen LogP contribution is 2.19. The Morgan fingerprint density at radius 2 is 2.25 bits per heavy atom. The molecule has 0 radical (unpaired) electrons. The minimum absolute atomic E-state index is 0.552. The largest absolute Gasteiger partial charge is 0.381 e. The number of rotatable bonds is 6. The molecule has 0 spiro atoms. The number of amidine groups is 1. The van der Waals surface area contributed by atoms with Crippen LogP contribution in [-0.2, 0) is 4.74 Å². The number of nitrogens with one attached hydrogen (secondary N) is 1. The van der Waals surface area contributed by atoms with Crippen LogP contribution in [0.5, 0.6) is 0 Å². The highest BCUT2D eigenvalue weighted by atomic mass is 32.2. The van der Waals surface area contributed by atoms with Crippen molar-refractivity contribution in [1.29, 1.82) is 0 Å². The molecule has 2 unspecified atom stereocenters. The lowest BCUT2D eigenvalue weighted by Crippen LogP contribution is -2.41. The van der Waals surface area contributed by atoms with E-state index in [0.29, 0.717) is 6.04 Å². The van der Waals surface area contributed by atoms with E-state index in [-0.39, 0.29) is 0 Å². The zero-order valence-corrected chi connectivity index (χ0v) is 11.5. The summed E-state index contributed by atoms with van der Waals surface area (Å²) in [4.78, 5) is 4.55. The zero-order valence-electron chi connectivity index (χ0n) is 10.7. The third-order valence-electron chi connectivity index (χ3n) is 2.74. The summed E-state index contributed by atoms with van der Waals surface area (Å²) in [5.41, 5.74) is 0. The fourth-order valence-corrected chi connectivity index (χ4v) is 2.58. The Kier molecular flexibility index (Phi) is 6.88. The second kappa shape index (κ2) is 7.96. The molecule has 0 aromatic carbocycles. The Bertz CT molecular complexity index is 221. The lowest BCUT2D eigenvalue weighted by atomic mass is 10.1. The van der Waals surface area contributed by atoms with Crippen LogP contribution in [0.25, 0.3) is 0 Å². The van der Waals surface area contributed by atoms with E-state index in [1.807, 2.05) is 11.8 Å². The van der Waals surface area contributed by atoms with Crippen molar-refractivity contribution in [3.63, 3.8) is 0 Å². The highest BCUT2D eigenvalue weighted by Gasteiger charge is 2.20. The van der Waals surface area contributed by atoms with Gasteiger partial charge in [0.05, 0.1) is 0 Å². The third kappa shape index (κ3) is 5.21. The number of aliphatic imine (C=N–C) groups is 1. The third-order valence-corrected chi connectivity index (χ3v) is 3.95. The summed E-state index contributed by atoms with van der Waals surface area (Å²) in [6.07, 6.45) is 2.12. The van der Waals surface area contributed by atoms with Gasteiger partial charge in [-0.05, 0) is 25.7 Å². The summed E-state index contributed by atoms with van der Waals surface area (Å²) in [6, 6.07) is 0.552. The summed E-state index contributed by atoms with van der Waals surface area (Å²) in [7, 11) is 0. The van der Waals surface area contributed by atoms with Crippen LogP contribution in [0.2, 0.25) is 0 Å². The van der Waals surface area contributed by atoms with Gasteiger partial charge in [-0.2, -0.15) is 0 Å². The molecule has 1 saturated heterocycles. The second-order valence-electron chi connectivity index (χ2n) is 4.37. The van der Waals surface area contributed by atoms with E-state index >= 15 is 0 Å². The molecule has 0 aliphatic carbocycles. The highest BCUT2D eigenvalue weighted by molar-refractivity contribution is 8.13. The first-order valence-corrected chi connectivity index (χ1v) is 7.24. The van der Waals surface area contributed by atoms with Crippen molar-refractivity contribution >= 4 is 16.9 Å². The standard InChI is InChI=1S/C12H24N2OS/c1-4-7-15-8-5-6-13-12-14-11(3)10(2)9-16-12/h10-11H,4-9H2,1-3H3,(H,13,14). The van der Waals surface area contributed by atoms with E-state index in [9.17, 15) is 0 Å². The van der Waals surface area contributed by atoms with Crippen LogP contribution >= 0.6 is 11.8 Å². The van der Waals surface area contributed by atoms with Crippen molar-refractivity contribution < 1.29 is 4.74 Å². The van der Waals surface area contributed by atoms with Gasteiger partial charge in [0.1, 0.15) is 0 Å². The molecular weight excluding hydrogens is 220 g/mol. The molecule has 0 aromatic heterocycles. The zero-order chi connectivity index (χ0) is 11.8. The second-order valence-corrected chi connectivity index (χ2v) is 5.38. The molecule has 1 aliphatic rings. The first kappa shape index (κ1) is 13.8. The maximum atomic E-state index is 5.41.